The number of nitrogens with one attached hydrogen (secondary N) is 1. The quantitative estimate of drug-likeness (QED) is 0.853. The van der Waals surface area contributed by atoms with Gasteiger partial charge in [0, 0.05) is 12.1 Å². The fraction of sp³-hybridized carbons (Fsp3) is 0. The molecule has 2 rings (SSSR count). The zero-order valence-electron chi connectivity index (χ0n) is 10.2. The molecule has 0 fully saturated rings. The van der Waals surface area contributed by atoms with Gasteiger partial charge in [0.15, 0.2) is 11.6 Å². The number of amides is 1. The van der Waals surface area contributed by atoms with Crippen LogP contribution in [0.2, 0.25) is 0 Å². The molecule has 108 valence electrons. The number of carbonyl (C=O) groups excluding carboxylic acids is 1. The topological polar surface area (TPSA) is 79.3 Å². The van der Waals surface area contributed by atoms with E-state index in [1.165, 1.54) is 12.1 Å². The molecule has 1 aromatic heterocycles. The molecule has 0 radical (unpaired) electrons. The first-order chi connectivity index (χ1) is 9.88. The Morgan fingerprint density at radius 3 is 2.29 bits per heavy atom. The minimum absolute atomic E-state index is 0.284. The summed E-state index contributed by atoms with van der Waals surface area (Å²) in [6, 6.07) is 4.39. The molecular formula is C13H7F3N2O3. The van der Waals surface area contributed by atoms with Gasteiger partial charge < -0.3 is 10.4 Å². The molecule has 1 amide bonds. The van der Waals surface area contributed by atoms with Gasteiger partial charge in [0.25, 0.3) is 5.91 Å². The number of hydrogen-bond acceptors (Lipinski definition) is 3. The SMILES string of the molecule is O=C(O)c1cccc(C(=O)Nc2cc(F)c(F)cc2F)n1. The standard InChI is InChI=1S/C13H7F3N2O3/c14-6-4-8(16)11(5-7(6)15)18-12(19)9-2-1-3-10(17-9)13(20)21/h1-5H,(H,18,19)(H,20,21). The molecule has 0 saturated heterocycles. The average molecular weight is 296 g/mol. The van der Waals surface area contributed by atoms with Crippen molar-refractivity contribution in [1.29, 1.82) is 0 Å². The zero-order valence-corrected chi connectivity index (χ0v) is 10.2. The Labute approximate surface area is 116 Å². The monoisotopic (exact) mass is 296 g/mol. The molecule has 0 aliphatic carbocycles. The molecule has 0 unspecified atom stereocenters. The number of halogens is 3. The fourth-order valence-corrected chi connectivity index (χ4v) is 1.48. The van der Waals surface area contributed by atoms with E-state index in [9.17, 15) is 22.8 Å². The molecule has 1 aromatic carbocycles. The van der Waals surface area contributed by atoms with Crippen LogP contribution in [0.15, 0.2) is 30.3 Å². The van der Waals surface area contributed by atoms with E-state index >= 15 is 0 Å². The average Bonchev–Trinajstić information content (AvgIpc) is 2.44. The number of aromatic carboxylic acids is 1. The minimum atomic E-state index is -1.39. The predicted molar refractivity (Wildman–Crippen MR) is 65.5 cm³/mol. The molecular weight excluding hydrogens is 289 g/mol. The van der Waals surface area contributed by atoms with Crippen LogP contribution in [0, 0.1) is 17.5 Å². The summed E-state index contributed by atoms with van der Waals surface area (Å²) in [6.07, 6.45) is 0. The van der Waals surface area contributed by atoms with Gasteiger partial charge in [0.05, 0.1) is 5.69 Å². The maximum absolute atomic E-state index is 13.4. The molecule has 0 spiro atoms. The summed E-state index contributed by atoms with van der Waals surface area (Å²) in [4.78, 5) is 26.0. The lowest BCUT2D eigenvalue weighted by atomic mass is 10.2. The molecule has 1 heterocycles. The Balaban J connectivity index is 2.28. The van der Waals surface area contributed by atoms with E-state index in [-0.39, 0.29) is 17.5 Å². The highest BCUT2D eigenvalue weighted by Crippen LogP contribution is 2.19. The highest BCUT2D eigenvalue weighted by atomic mass is 19.2. The Bertz CT molecular complexity index is 735. The third kappa shape index (κ3) is 3.16. The summed E-state index contributed by atoms with van der Waals surface area (Å²) in [6.45, 7) is 0. The van der Waals surface area contributed by atoms with Gasteiger partial charge in [0.1, 0.15) is 17.2 Å². The smallest absolute Gasteiger partial charge is 0.354 e. The molecule has 2 N–H and O–H groups in total. The fourth-order valence-electron chi connectivity index (χ4n) is 1.48. The molecule has 8 heteroatoms. The molecule has 0 bridgehead atoms. The number of pyridine rings is 1. The van der Waals surface area contributed by atoms with Gasteiger partial charge in [-0.15, -0.1) is 0 Å². The van der Waals surface area contributed by atoms with Crippen molar-refractivity contribution in [2.75, 3.05) is 5.32 Å². The normalized spacial score (nSPS) is 10.2. The molecule has 0 aliphatic rings. The van der Waals surface area contributed by atoms with E-state index in [1.54, 1.807) is 0 Å². The van der Waals surface area contributed by atoms with Gasteiger partial charge >= 0.3 is 5.97 Å². The van der Waals surface area contributed by atoms with Crippen molar-refractivity contribution < 1.29 is 27.9 Å². The molecule has 0 saturated carbocycles. The van der Waals surface area contributed by atoms with Crippen LogP contribution in [0.4, 0.5) is 18.9 Å². The van der Waals surface area contributed by atoms with Crippen LogP contribution in [0.5, 0.6) is 0 Å². The van der Waals surface area contributed by atoms with Gasteiger partial charge in [-0.3, -0.25) is 4.79 Å². The van der Waals surface area contributed by atoms with Crippen LogP contribution in [0.1, 0.15) is 21.0 Å². The summed E-state index contributed by atoms with van der Waals surface area (Å²) in [5.74, 6) is -6.20. The lowest BCUT2D eigenvalue weighted by Gasteiger charge is -2.07. The first kappa shape index (κ1) is 14.5. The van der Waals surface area contributed by atoms with Crippen molar-refractivity contribution in [3.05, 3.63) is 59.2 Å². The van der Waals surface area contributed by atoms with Crippen molar-refractivity contribution in [3.63, 3.8) is 0 Å². The Morgan fingerprint density at radius 1 is 1.00 bits per heavy atom. The highest BCUT2D eigenvalue weighted by molar-refractivity contribution is 6.03. The zero-order chi connectivity index (χ0) is 15.6. The van der Waals surface area contributed by atoms with Gasteiger partial charge in [-0.2, -0.15) is 0 Å². The number of nitrogens with zero attached hydrogens (tertiary/aromatic N) is 1. The number of anilines is 1. The Hall–Kier alpha value is -2.90. The van der Waals surface area contributed by atoms with Crippen LogP contribution in [-0.4, -0.2) is 22.0 Å². The summed E-state index contributed by atoms with van der Waals surface area (Å²) in [5, 5.41) is 10.7. The number of carbonyl (C=O) groups is 2. The van der Waals surface area contributed by atoms with Gasteiger partial charge in [-0.25, -0.2) is 22.9 Å². The maximum atomic E-state index is 13.4. The van der Waals surface area contributed by atoms with Crippen LogP contribution in [0.25, 0.3) is 0 Å². The molecule has 0 atom stereocenters. The highest BCUT2D eigenvalue weighted by Gasteiger charge is 2.15. The van der Waals surface area contributed by atoms with Crippen molar-refractivity contribution in [2.24, 2.45) is 0 Å². The summed E-state index contributed by atoms with van der Waals surface area (Å²) < 4.78 is 39.1. The van der Waals surface area contributed by atoms with E-state index in [2.05, 4.69) is 4.98 Å². The molecule has 21 heavy (non-hydrogen) atoms. The molecule has 2 aromatic rings. The van der Waals surface area contributed by atoms with Crippen LogP contribution in [-0.2, 0) is 0 Å². The van der Waals surface area contributed by atoms with Crippen LogP contribution >= 0.6 is 0 Å². The number of rotatable bonds is 3. The largest absolute Gasteiger partial charge is 0.477 e. The lowest BCUT2D eigenvalue weighted by Crippen LogP contribution is -2.16. The summed E-state index contributed by atoms with van der Waals surface area (Å²) >= 11 is 0. The third-order valence-electron chi connectivity index (χ3n) is 2.46. The van der Waals surface area contributed by atoms with Crippen LogP contribution in [0.3, 0.4) is 0 Å². The number of carboxylic acid groups (broad SMARTS) is 1. The van der Waals surface area contributed by atoms with Crippen molar-refractivity contribution in [1.82, 2.24) is 4.98 Å². The first-order valence-electron chi connectivity index (χ1n) is 5.54. The van der Waals surface area contributed by atoms with Crippen molar-refractivity contribution in [3.8, 4) is 0 Å². The minimum Gasteiger partial charge on any atom is -0.477 e. The van der Waals surface area contributed by atoms with Gasteiger partial charge in [-0.05, 0) is 12.1 Å². The molecule has 0 aliphatic heterocycles. The first-order valence-corrected chi connectivity index (χ1v) is 5.54. The van der Waals surface area contributed by atoms with Gasteiger partial charge in [-0.1, -0.05) is 6.07 Å². The second-order valence-electron chi connectivity index (χ2n) is 3.91. The Morgan fingerprint density at radius 2 is 1.62 bits per heavy atom. The van der Waals surface area contributed by atoms with E-state index in [0.717, 1.165) is 6.07 Å². The second kappa shape index (κ2) is 5.61. The number of benzene rings is 1. The lowest BCUT2D eigenvalue weighted by molar-refractivity contribution is 0.0690. The van der Waals surface area contributed by atoms with E-state index in [1.807, 2.05) is 5.32 Å². The maximum Gasteiger partial charge on any atom is 0.354 e. The predicted octanol–water partition coefficient (Wildman–Crippen LogP) is 2.45. The Kier molecular flexibility index (Phi) is 3.88. The van der Waals surface area contributed by atoms with E-state index in [0.29, 0.717) is 6.07 Å². The number of carboxylic acids is 1. The van der Waals surface area contributed by atoms with Crippen molar-refractivity contribution in [2.45, 2.75) is 0 Å². The number of hydrogen-bond donors (Lipinski definition) is 2. The second-order valence-corrected chi connectivity index (χ2v) is 3.91. The summed E-state index contributed by atoms with van der Waals surface area (Å²) in [5.41, 5.74) is -1.27. The van der Waals surface area contributed by atoms with E-state index in [4.69, 9.17) is 5.11 Å². The number of aromatic nitrogens is 1. The van der Waals surface area contributed by atoms with Gasteiger partial charge in [0.2, 0.25) is 0 Å². The van der Waals surface area contributed by atoms with Crippen LogP contribution < -0.4 is 5.32 Å². The van der Waals surface area contributed by atoms with Crippen molar-refractivity contribution >= 4 is 17.6 Å². The third-order valence-corrected chi connectivity index (χ3v) is 2.46. The van der Waals surface area contributed by atoms with E-state index < -0.39 is 35.0 Å². The molecule has 5 nitrogen and oxygen atoms in total. The summed E-state index contributed by atoms with van der Waals surface area (Å²) in [7, 11) is 0.